The lowest BCUT2D eigenvalue weighted by Crippen LogP contribution is -2.38. The van der Waals surface area contributed by atoms with Crippen LogP contribution in [0.15, 0.2) is 30.3 Å². The number of hydrogen-bond donors (Lipinski definition) is 0. The molecule has 1 saturated heterocycles. The quantitative estimate of drug-likeness (QED) is 0.384. The van der Waals surface area contributed by atoms with E-state index >= 15 is 0 Å². The Hall–Kier alpha value is -2.56. The molecule has 5 nitrogen and oxygen atoms in total. The Bertz CT molecular complexity index is 901. The van der Waals surface area contributed by atoms with Crippen LogP contribution in [0.1, 0.15) is 70.1 Å². The zero-order valence-corrected chi connectivity index (χ0v) is 19.9. The summed E-state index contributed by atoms with van der Waals surface area (Å²) in [6, 6.07) is 8.20. The smallest absolute Gasteiger partial charge is 0.409 e. The highest BCUT2D eigenvalue weighted by Crippen LogP contribution is 2.31. The molecule has 0 spiro atoms. The second-order valence-electron chi connectivity index (χ2n) is 8.71. The van der Waals surface area contributed by atoms with Gasteiger partial charge in [0, 0.05) is 24.0 Å². The molecule has 1 aromatic carbocycles. The summed E-state index contributed by atoms with van der Waals surface area (Å²) in [6.45, 7) is 9.20. The second-order valence-corrected chi connectivity index (χ2v) is 8.71. The van der Waals surface area contributed by atoms with Crippen LogP contribution in [0, 0.1) is 12.8 Å². The summed E-state index contributed by atoms with van der Waals surface area (Å²) in [6.07, 6.45) is 11.4. The van der Waals surface area contributed by atoms with E-state index < -0.39 is 0 Å². The molecule has 1 aliphatic rings. The van der Waals surface area contributed by atoms with E-state index in [1.807, 2.05) is 23.1 Å². The third-order valence-electron chi connectivity index (χ3n) is 6.20. The van der Waals surface area contributed by atoms with Gasteiger partial charge in [0.15, 0.2) is 0 Å². The maximum Gasteiger partial charge on any atom is 0.409 e. The van der Waals surface area contributed by atoms with Crippen LogP contribution >= 0.6 is 0 Å². The number of likely N-dealkylation sites (tertiary alicyclic amines) is 1. The van der Waals surface area contributed by atoms with Crippen molar-refractivity contribution in [3.8, 4) is 5.75 Å². The highest BCUT2D eigenvalue weighted by Gasteiger charge is 2.23. The van der Waals surface area contributed by atoms with Crippen molar-refractivity contribution in [1.82, 2.24) is 9.88 Å². The number of pyridine rings is 1. The molecule has 0 saturated carbocycles. The summed E-state index contributed by atoms with van der Waals surface area (Å²) in [5.74, 6) is 1.55. The lowest BCUT2D eigenvalue weighted by Gasteiger charge is -2.30. The number of carbonyl (C=O) groups excluding carboxylic acids is 1. The van der Waals surface area contributed by atoms with Crippen molar-refractivity contribution in [2.75, 3.05) is 26.3 Å². The second kappa shape index (κ2) is 12.5. The maximum absolute atomic E-state index is 12.1. The summed E-state index contributed by atoms with van der Waals surface area (Å²) in [7, 11) is 0. The first kappa shape index (κ1) is 24.1. The van der Waals surface area contributed by atoms with E-state index in [4.69, 9.17) is 14.5 Å². The first-order valence-electron chi connectivity index (χ1n) is 12.2. The van der Waals surface area contributed by atoms with Gasteiger partial charge in [0.1, 0.15) is 5.75 Å². The van der Waals surface area contributed by atoms with Crippen LogP contribution in [-0.2, 0) is 4.74 Å². The number of piperidine rings is 1. The molecule has 32 heavy (non-hydrogen) atoms. The van der Waals surface area contributed by atoms with Crippen LogP contribution in [0.4, 0.5) is 4.79 Å². The first-order valence-corrected chi connectivity index (χ1v) is 12.2. The molecule has 0 bridgehead atoms. The molecule has 1 aromatic heterocycles. The Morgan fingerprint density at radius 2 is 1.84 bits per heavy atom. The molecule has 0 radical (unpaired) electrons. The van der Waals surface area contributed by atoms with Gasteiger partial charge in [0.25, 0.3) is 0 Å². The van der Waals surface area contributed by atoms with Gasteiger partial charge in [-0.1, -0.05) is 44.9 Å². The number of nitrogens with zero attached hydrogens (tertiary/aromatic N) is 2. The molecule has 1 fully saturated rings. The number of hydrogen-bond acceptors (Lipinski definition) is 4. The highest BCUT2D eigenvalue weighted by atomic mass is 16.6. The van der Waals surface area contributed by atoms with Crippen LogP contribution < -0.4 is 4.74 Å². The van der Waals surface area contributed by atoms with Crippen molar-refractivity contribution in [3.63, 3.8) is 0 Å². The van der Waals surface area contributed by atoms with Crippen molar-refractivity contribution < 1.29 is 14.3 Å². The fourth-order valence-corrected chi connectivity index (χ4v) is 4.08. The zero-order chi connectivity index (χ0) is 22.8. The van der Waals surface area contributed by atoms with E-state index in [9.17, 15) is 4.79 Å². The third-order valence-corrected chi connectivity index (χ3v) is 6.20. The monoisotopic (exact) mass is 438 g/mol. The van der Waals surface area contributed by atoms with E-state index in [0.717, 1.165) is 92.6 Å². The molecular formula is C27H38N2O3. The van der Waals surface area contributed by atoms with E-state index in [0.29, 0.717) is 12.5 Å². The van der Waals surface area contributed by atoms with Gasteiger partial charge in [-0.15, -0.1) is 0 Å². The lowest BCUT2D eigenvalue weighted by molar-refractivity contribution is 0.0869. The normalized spacial score (nSPS) is 14.9. The largest absolute Gasteiger partial charge is 0.493 e. The molecule has 2 heterocycles. The number of fused-ring (bicyclic) bond motifs is 1. The van der Waals surface area contributed by atoms with E-state index in [-0.39, 0.29) is 6.09 Å². The van der Waals surface area contributed by atoms with Gasteiger partial charge in [-0.05, 0) is 63.2 Å². The number of aromatic nitrogens is 1. The fraction of sp³-hybridized carbons (Fsp3) is 0.556. The zero-order valence-electron chi connectivity index (χ0n) is 19.9. The Morgan fingerprint density at radius 3 is 2.59 bits per heavy atom. The van der Waals surface area contributed by atoms with Gasteiger partial charge in [-0.2, -0.15) is 0 Å². The van der Waals surface area contributed by atoms with E-state index in [1.54, 1.807) is 0 Å². The number of allylic oxidation sites excluding steroid dienone is 1. The summed E-state index contributed by atoms with van der Waals surface area (Å²) < 4.78 is 11.5. The minimum absolute atomic E-state index is 0.154. The Balaban J connectivity index is 1.59. The SMILES string of the molecule is CCCCOC(=O)N1CCC(C/C=C/c2nc3ccccc3c(OCCCC)c2C)CC1. The number of para-hydroxylation sites is 1. The van der Waals surface area contributed by atoms with Crippen LogP contribution in [0.5, 0.6) is 5.75 Å². The molecule has 0 unspecified atom stereocenters. The molecule has 2 aromatic rings. The molecule has 5 heteroatoms. The van der Waals surface area contributed by atoms with Gasteiger partial charge < -0.3 is 14.4 Å². The van der Waals surface area contributed by atoms with Crippen molar-refractivity contribution in [3.05, 3.63) is 41.6 Å². The van der Waals surface area contributed by atoms with Gasteiger partial charge in [-0.3, -0.25) is 0 Å². The van der Waals surface area contributed by atoms with Crippen LogP contribution in [0.25, 0.3) is 17.0 Å². The summed E-state index contributed by atoms with van der Waals surface area (Å²) in [5, 5.41) is 1.08. The molecule has 3 rings (SSSR count). The van der Waals surface area contributed by atoms with Gasteiger partial charge in [0.2, 0.25) is 0 Å². The van der Waals surface area contributed by atoms with Crippen molar-refractivity contribution in [1.29, 1.82) is 0 Å². The fourth-order valence-electron chi connectivity index (χ4n) is 4.08. The molecule has 174 valence electrons. The maximum atomic E-state index is 12.1. The molecule has 0 N–H and O–H groups in total. The third kappa shape index (κ3) is 6.47. The summed E-state index contributed by atoms with van der Waals surface area (Å²) in [5.41, 5.74) is 3.05. The molecule has 0 aliphatic carbocycles. The van der Waals surface area contributed by atoms with Crippen molar-refractivity contribution in [2.24, 2.45) is 5.92 Å². The number of amides is 1. The Kier molecular flexibility index (Phi) is 9.39. The predicted molar refractivity (Wildman–Crippen MR) is 131 cm³/mol. The standard InChI is InChI=1S/C27H38N2O3/c1-4-6-19-31-26-21(3)24(28-25-13-9-8-12-23(25)26)14-10-11-22-15-17-29(18-16-22)27(30)32-20-7-5-2/h8-10,12-14,22H,4-7,11,15-20H2,1-3H3/b14-10+. The van der Waals surface area contributed by atoms with E-state index in [2.05, 4.69) is 39.0 Å². The minimum Gasteiger partial charge on any atom is -0.493 e. The average molecular weight is 439 g/mol. The Labute approximate surface area is 192 Å². The number of benzene rings is 1. The lowest BCUT2D eigenvalue weighted by atomic mass is 9.93. The molecule has 1 aliphatic heterocycles. The number of rotatable bonds is 10. The number of unbranched alkanes of at least 4 members (excludes halogenated alkanes) is 2. The minimum atomic E-state index is -0.154. The predicted octanol–water partition coefficient (Wildman–Crippen LogP) is 6.77. The topological polar surface area (TPSA) is 51.7 Å². The van der Waals surface area contributed by atoms with Crippen LogP contribution in [-0.4, -0.2) is 42.3 Å². The van der Waals surface area contributed by atoms with E-state index in [1.165, 1.54) is 0 Å². The van der Waals surface area contributed by atoms with Crippen molar-refractivity contribution in [2.45, 2.75) is 65.7 Å². The summed E-state index contributed by atoms with van der Waals surface area (Å²) >= 11 is 0. The Morgan fingerprint density at radius 1 is 1.12 bits per heavy atom. The number of ether oxygens (including phenoxy) is 2. The summed E-state index contributed by atoms with van der Waals surface area (Å²) in [4.78, 5) is 18.9. The van der Waals surface area contributed by atoms with Crippen LogP contribution in [0.3, 0.4) is 0 Å². The van der Waals surface area contributed by atoms with Crippen molar-refractivity contribution >= 4 is 23.1 Å². The van der Waals surface area contributed by atoms with Gasteiger partial charge in [-0.25, -0.2) is 9.78 Å². The van der Waals surface area contributed by atoms with Crippen LogP contribution in [0.2, 0.25) is 0 Å². The highest BCUT2D eigenvalue weighted by molar-refractivity contribution is 5.88. The van der Waals surface area contributed by atoms with Gasteiger partial charge >= 0.3 is 6.09 Å². The first-order chi connectivity index (χ1) is 15.6. The molecule has 1 amide bonds. The molecule has 0 atom stereocenters. The number of carbonyl (C=O) groups is 1. The van der Waals surface area contributed by atoms with Gasteiger partial charge in [0.05, 0.1) is 24.4 Å². The molecular weight excluding hydrogens is 400 g/mol. The average Bonchev–Trinajstić information content (AvgIpc) is 2.81.